The Hall–Kier alpha value is -1.99. The number of nitrogens with one attached hydrogen (secondary N) is 1. The molecule has 0 spiro atoms. The zero-order valence-electron chi connectivity index (χ0n) is 15.7. The fourth-order valence-electron chi connectivity index (χ4n) is 4.05. The van der Waals surface area contributed by atoms with E-state index in [0.717, 1.165) is 65.4 Å². The first-order valence-corrected chi connectivity index (χ1v) is 10.8. The predicted molar refractivity (Wildman–Crippen MR) is 110 cm³/mol. The molecule has 3 aromatic rings. The Balaban J connectivity index is 1.51. The Labute approximate surface area is 163 Å². The lowest BCUT2D eigenvalue weighted by Crippen LogP contribution is -2.33. The summed E-state index contributed by atoms with van der Waals surface area (Å²) in [6.07, 6.45) is 10.0. The SMILES string of the molecule is Cn1ncc(-c2nc(NC3CCC(N)CC3)nc3ccsc23)c1CC1CC1. The topological polar surface area (TPSA) is 81.7 Å². The van der Waals surface area contributed by atoms with Gasteiger partial charge >= 0.3 is 0 Å². The van der Waals surface area contributed by atoms with Crippen LogP contribution in [0.5, 0.6) is 0 Å². The van der Waals surface area contributed by atoms with Crippen molar-refractivity contribution < 1.29 is 0 Å². The second-order valence-corrected chi connectivity index (χ2v) is 8.98. The molecule has 2 fully saturated rings. The molecule has 142 valence electrons. The van der Waals surface area contributed by atoms with Gasteiger partial charge in [0.05, 0.1) is 22.1 Å². The number of hydrogen-bond donors (Lipinski definition) is 2. The van der Waals surface area contributed by atoms with Gasteiger partial charge in [0.1, 0.15) is 0 Å². The number of anilines is 1. The Morgan fingerprint density at radius 1 is 1.19 bits per heavy atom. The molecule has 2 saturated carbocycles. The van der Waals surface area contributed by atoms with E-state index in [2.05, 4.69) is 21.9 Å². The molecule has 3 N–H and O–H groups in total. The van der Waals surface area contributed by atoms with E-state index in [1.807, 2.05) is 17.9 Å². The van der Waals surface area contributed by atoms with Gasteiger partial charge in [-0.3, -0.25) is 4.68 Å². The van der Waals surface area contributed by atoms with E-state index >= 15 is 0 Å². The summed E-state index contributed by atoms with van der Waals surface area (Å²) >= 11 is 1.71. The molecule has 3 aromatic heterocycles. The van der Waals surface area contributed by atoms with Gasteiger partial charge in [-0.2, -0.15) is 5.10 Å². The average Bonchev–Trinajstić information content (AvgIpc) is 3.23. The summed E-state index contributed by atoms with van der Waals surface area (Å²) in [5.41, 5.74) is 10.5. The second kappa shape index (κ2) is 6.87. The van der Waals surface area contributed by atoms with Crippen molar-refractivity contribution in [1.82, 2.24) is 19.7 Å². The monoisotopic (exact) mass is 382 g/mol. The third-order valence-corrected chi connectivity index (χ3v) is 6.81. The van der Waals surface area contributed by atoms with Crippen molar-refractivity contribution >= 4 is 27.5 Å². The smallest absolute Gasteiger partial charge is 0.224 e. The molecule has 2 aliphatic carbocycles. The van der Waals surface area contributed by atoms with E-state index < -0.39 is 0 Å². The number of rotatable bonds is 5. The molecule has 2 aliphatic rings. The van der Waals surface area contributed by atoms with E-state index in [4.69, 9.17) is 15.7 Å². The van der Waals surface area contributed by atoms with Crippen LogP contribution in [0.4, 0.5) is 5.95 Å². The number of fused-ring (bicyclic) bond motifs is 1. The van der Waals surface area contributed by atoms with Gasteiger partial charge in [-0.1, -0.05) is 0 Å². The summed E-state index contributed by atoms with van der Waals surface area (Å²) in [6, 6.07) is 2.84. The van der Waals surface area contributed by atoms with E-state index in [1.165, 1.54) is 18.5 Å². The highest BCUT2D eigenvalue weighted by atomic mass is 32.1. The number of aromatic nitrogens is 4. The van der Waals surface area contributed by atoms with Crippen molar-refractivity contribution in [2.24, 2.45) is 18.7 Å². The molecule has 0 radical (unpaired) electrons. The zero-order valence-corrected chi connectivity index (χ0v) is 16.5. The molecule has 0 amide bonds. The predicted octanol–water partition coefficient (Wildman–Crippen LogP) is 3.73. The molecule has 5 rings (SSSR count). The number of nitrogens with two attached hydrogens (primary N) is 1. The molecule has 27 heavy (non-hydrogen) atoms. The molecule has 0 unspecified atom stereocenters. The second-order valence-electron chi connectivity index (χ2n) is 8.06. The van der Waals surface area contributed by atoms with Crippen LogP contribution in [0.2, 0.25) is 0 Å². The van der Waals surface area contributed by atoms with Crippen molar-refractivity contribution in [1.29, 1.82) is 0 Å². The lowest BCUT2D eigenvalue weighted by molar-refractivity contribution is 0.410. The van der Waals surface area contributed by atoms with Crippen LogP contribution in [-0.2, 0) is 13.5 Å². The molecular formula is C20H26N6S. The molecule has 0 saturated heterocycles. The molecule has 0 aromatic carbocycles. The Morgan fingerprint density at radius 3 is 2.78 bits per heavy atom. The quantitative estimate of drug-likeness (QED) is 0.703. The van der Waals surface area contributed by atoms with Crippen molar-refractivity contribution in [3.05, 3.63) is 23.3 Å². The van der Waals surface area contributed by atoms with Gasteiger partial charge in [-0.25, -0.2) is 9.97 Å². The number of nitrogens with zero attached hydrogens (tertiary/aromatic N) is 4. The highest BCUT2D eigenvalue weighted by Gasteiger charge is 2.26. The van der Waals surface area contributed by atoms with Crippen LogP contribution >= 0.6 is 11.3 Å². The maximum absolute atomic E-state index is 6.05. The van der Waals surface area contributed by atoms with Crippen LogP contribution < -0.4 is 11.1 Å². The van der Waals surface area contributed by atoms with E-state index in [-0.39, 0.29) is 0 Å². The molecule has 6 nitrogen and oxygen atoms in total. The summed E-state index contributed by atoms with van der Waals surface area (Å²) in [4.78, 5) is 9.74. The van der Waals surface area contributed by atoms with E-state index in [0.29, 0.717) is 12.1 Å². The fourth-order valence-corrected chi connectivity index (χ4v) is 4.89. The van der Waals surface area contributed by atoms with Crippen LogP contribution in [0.1, 0.15) is 44.2 Å². The minimum atomic E-state index is 0.347. The van der Waals surface area contributed by atoms with Gasteiger partial charge in [0.15, 0.2) is 0 Å². The van der Waals surface area contributed by atoms with Crippen molar-refractivity contribution in [2.45, 2.75) is 57.0 Å². The standard InChI is InChI=1S/C20H26N6S/c1-26-17(10-12-2-3-12)15(11-22-26)18-19-16(8-9-27-19)24-20(25-18)23-14-6-4-13(21)5-7-14/h8-9,11-14H,2-7,10,21H2,1H3,(H,23,24,25). The average molecular weight is 383 g/mol. The Bertz CT molecular complexity index is 949. The summed E-state index contributed by atoms with van der Waals surface area (Å²) in [7, 11) is 2.04. The molecular weight excluding hydrogens is 356 g/mol. The first-order chi connectivity index (χ1) is 13.2. The summed E-state index contributed by atoms with van der Waals surface area (Å²) < 4.78 is 3.17. The zero-order chi connectivity index (χ0) is 18.4. The molecule has 0 aliphatic heterocycles. The van der Waals surface area contributed by atoms with Gasteiger partial charge < -0.3 is 11.1 Å². The molecule has 0 atom stereocenters. The first-order valence-electron chi connectivity index (χ1n) is 9.96. The Kier molecular flexibility index (Phi) is 4.36. The van der Waals surface area contributed by atoms with E-state index in [1.54, 1.807) is 11.3 Å². The van der Waals surface area contributed by atoms with Gasteiger partial charge in [-0.15, -0.1) is 11.3 Å². The summed E-state index contributed by atoms with van der Waals surface area (Å²) in [5, 5.41) is 10.2. The van der Waals surface area contributed by atoms with Crippen LogP contribution in [0.3, 0.4) is 0 Å². The van der Waals surface area contributed by atoms with Crippen LogP contribution in [0, 0.1) is 5.92 Å². The first kappa shape index (κ1) is 17.1. The maximum atomic E-state index is 6.05. The number of aryl methyl sites for hydroxylation is 1. The number of thiophene rings is 1. The van der Waals surface area contributed by atoms with Gasteiger partial charge in [0.25, 0.3) is 0 Å². The van der Waals surface area contributed by atoms with Crippen molar-refractivity contribution in [3.63, 3.8) is 0 Å². The minimum Gasteiger partial charge on any atom is -0.351 e. The maximum Gasteiger partial charge on any atom is 0.224 e. The molecule has 7 heteroatoms. The normalized spacial score (nSPS) is 23.0. The van der Waals surface area contributed by atoms with Crippen LogP contribution in [0.15, 0.2) is 17.6 Å². The fraction of sp³-hybridized carbons (Fsp3) is 0.550. The highest BCUT2D eigenvalue weighted by molar-refractivity contribution is 7.17. The van der Waals surface area contributed by atoms with Gasteiger partial charge in [0, 0.05) is 30.4 Å². The third kappa shape index (κ3) is 3.46. The lowest BCUT2D eigenvalue weighted by atomic mass is 9.92. The highest BCUT2D eigenvalue weighted by Crippen LogP contribution is 2.38. The summed E-state index contributed by atoms with van der Waals surface area (Å²) in [5.74, 6) is 1.54. The third-order valence-electron chi connectivity index (χ3n) is 5.90. The minimum absolute atomic E-state index is 0.347. The summed E-state index contributed by atoms with van der Waals surface area (Å²) in [6.45, 7) is 0. The molecule has 0 bridgehead atoms. The Morgan fingerprint density at radius 2 is 2.00 bits per heavy atom. The lowest BCUT2D eigenvalue weighted by Gasteiger charge is -2.26. The van der Waals surface area contributed by atoms with Crippen molar-refractivity contribution in [3.8, 4) is 11.3 Å². The van der Waals surface area contributed by atoms with Gasteiger partial charge in [0.2, 0.25) is 5.95 Å². The van der Waals surface area contributed by atoms with E-state index in [9.17, 15) is 0 Å². The largest absolute Gasteiger partial charge is 0.351 e. The van der Waals surface area contributed by atoms with Crippen LogP contribution in [-0.4, -0.2) is 31.8 Å². The number of hydrogen-bond acceptors (Lipinski definition) is 6. The van der Waals surface area contributed by atoms with Crippen molar-refractivity contribution in [2.75, 3.05) is 5.32 Å². The molecule has 3 heterocycles. The van der Waals surface area contributed by atoms with Crippen LogP contribution in [0.25, 0.3) is 21.5 Å². The van der Waals surface area contributed by atoms with Gasteiger partial charge in [-0.05, 0) is 62.3 Å².